The number of hydrogen-bond donors (Lipinski definition) is 2. The first-order valence-corrected chi connectivity index (χ1v) is 5.79. The summed E-state index contributed by atoms with van der Waals surface area (Å²) in [7, 11) is 1.26. The number of para-hydroxylation sites is 1. The molecule has 6 nitrogen and oxygen atoms in total. The predicted octanol–water partition coefficient (Wildman–Crippen LogP) is 1.41. The molecule has 2 rings (SSSR count). The zero-order chi connectivity index (χ0) is 14.5. The van der Waals surface area contributed by atoms with Gasteiger partial charge in [-0.05, 0) is 18.2 Å². The fraction of sp³-hybridized carbons (Fsp3) is 0.0714. The summed E-state index contributed by atoms with van der Waals surface area (Å²) in [6.45, 7) is 0. The number of pyridine rings is 1. The number of methoxy groups -OCH3 is 1. The van der Waals surface area contributed by atoms with Crippen LogP contribution in [0.4, 0.5) is 5.69 Å². The zero-order valence-corrected chi connectivity index (χ0v) is 10.7. The fourth-order valence-corrected chi connectivity index (χ4v) is 1.66. The Morgan fingerprint density at radius 2 is 1.95 bits per heavy atom. The van der Waals surface area contributed by atoms with Crippen LogP contribution in [0.3, 0.4) is 0 Å². The Bertz CT molecular complexity index is 706. The van der Waals surface area contributed by atoms with E-state index in [0.29, 0.717) is 5.69 Å². The lowest BCUT2D eigenvalue weighted by atomic mass is 10.1. The van der Waals surface area contributed by atoms with Crippen molar-refractivity contribution in [3.63, 3.8) is 0 Å². The normalized spacial score (nSPS) is 9.85. The Morgan fingerprint density at radius 3 is 2.65 bits per heavy atom. The van der Waals surface area contributed by atoms with Gasteiger partial charge in [0.25, 0.3) is 5.91 Å². The lowest BCUT2D eigenvalue weighted by Gasteiger charge is -2.09. The molecule has 2 aromatic rings. The Kier molecular flexibility index (Phi) is 3.95. The molecule has 1 amide bonds. The molecule has 0 aliphatic heterocycles. The summed E-state index contributed by atoms with van der Waals surface area (Å²) in [4.78, 5) is 37.2. The van der Waals surface area contributed by atoms with E-state index in [4.69, 9.17) is 0 Å². The summed E-state index contributed by atoms with van der Waals surface area (Å²) in [6, 6.07) is 9.11. The molecule has 0 atom stereocenters. The molecule has 2 N–H and O–H groups in total. The Balaban J connectivity index is 2.29. The first-order chi connectivity index (χ1) is 9.61. The first-order valence-electron chi connectivity index (χ1n) is 5.79. The molecule has 0 radical (unpaired) electrons. The molecule has 0 aliphatic rings. The summed E-state index contributed by atoms with van der Waals surface area (Å²) < 4.78 is 4.64. The van der Waals surface area contributed by atoms with E-state index in [1.54, 1.807) is 24.3 Å². The third-order valence-electron chi connectivity index (χ3n) is 2.62. The molecular formula is C14H12N2O4. The van der Waals surface area contributed by atoms with Gasteiger partial charge in [-0.25, -0.2) is 4.79 Å². The lowest BCUT2D eigenvalue weighted by molar-refractivity contribution is 0.0602. The van der Waals surface area contributed by atoms with Crippen molar-refractivity contribution < 1.29 is 14.3 Å². The molecule has 0 fully saturated rings. The van der Waals surface area contributed by atoms with E-state index in [2.05, 4.69) is 15.0 Å². The molecular weight excluding hydrogens is 260 g/mol. The number of aromatic nitrogens is 1. The van der Waals surface area contributed by atoms with Crippen molar-refractivity contribution in [1.29, 1.82) is 0 Å². The maximum atomic E-state index is 12.0. The molecule has 0 saturated heterocycles. The average molecular weight is 272 g/mol. The fourth-order valence-electron chi connectivity index (χ4n) is 1.66. The maximum Gasteiger partial charge on any atom is 0.339 e. The number of benzene rings is 1. The highest BCUT2D eigenvalue weighted by Crippen LogP contribution is 2.16. The van der Waals surface area contributed by atoms with Gasteiger partial charge in [0.1, 0.15) is 0 Å². The molecule has 20 heavy (non-hydrogen) atoms. The van der Waals surface area contributed by atoms with Crippen molar-refractivity contribution in [2.24, 2.45) is 0 Å². The predicted molar refractivity (Wildman–Crippen MR) is 72.8 cm³/mol. The van der Waals surface area contributed by atoms with Crippen LogP contribution in [0.15, 0.2) is 47.4 Å². The van der Waals surface area contributed by atoms with Crippen LogP contribution in [-0.2, 0) is 4.74 Å². The Labute approximate surface area is 114 Å². The number of aromatic amines is 1. The molecule has 1 aromatic heterocycles. The highest BCUT2D eigenvalue weighted by Gasteiger charge is 2.14. The zero-order valence-electron chi connectivity index (χ0n) is 10.7. The molecule has 0 aliphatic carbocycles. The van der Waals surface area contributed by atoms with E-state index < -0.39 is 11.9 Å². The second-order valence-corrected chi connectivity index (χ2v) is 3.93. The summed E-state index contributed by atoms with van der Waals surface area (Å²) in [5.41, 5.74) is 0.394. The van der Waals surface area contributed by atoms with Gasteiger partial charge in [0.15, 0.2) is 0 Å². The van der Waals surface area contributed by atoms with Crippen molar-refractivity contribution in [2.75, 3.05) is 12.4 Å². The van der Waals surface area contributed by atoms with Crippen LogP contribution in [0, 0.1) is 0 Å². The van der Waals surface area contributed by atoms with Crippen molar-refractivity contribution in [3.05, 3.63) is 64.1 Å². The molecule has 1 heterocycles. The van der Waals surface area contributed by atoms with E-state index in [0.717, 1.165) is 0 Å². The summed E-state index contributed by atoms with van der Waals surface area (Å²) in [5, 5.41) is 2.58. The number of carbonyl (C=O) groups excluding carboxylic acids is 2. The van der Waals surface area contributed by atoms with Crippen LogP contribution in [0.25, 0.3) is 0 Å². The number of carbonyl (C=O) groups is 2. The standard InChI is InChI=1S/C14H12N2O4/c1-20-14(19)10-4-2-3-5-11(10)16-13(18)9-6-7-15-12(17)8-9/h2-8H,1H3,(H,15,17)(H,16,18). The average Bonchev–Trinajstić information content (AvgIpc) is 2.47. The molecule has 0 saturated carbocycles. The topological polar surface area (TPSA) is 88.3 Å². The first kappa shape index (κ1) is 13.5. The number of ether oxygens (including phenoxy) is 1. The number of hydrogen-bond acceptors (Lipinski definition) is 4. The highest BCUT2D eigenvalue weighted by atomic mass is 16.5. The van der Waals surface area contributed by atoms with Gasteiger partial charge in [0.2, 0.25) is 5.56 Å². The largest absolute Gasteiger partial charge is 0.465 e. The molecule has 0 bridgehead atoms. The van der Waals surface area contributed by atoms with Gasteiger partial charge in [-0.2, -0.15) is 0 Å². The molecule has 102 valence electrons. The molecule has 0 spiro atoms. The van der Waals surface area contributed by atoms with E-state index in [1.165, 1.54) is 25.4 Å². The number of nitrogens with one attached hydrogen (secondary N) is 2. The van der Waals surface area contributed by atoms with Crippen molar-refractivity contribution >= 4 is 17.6 Å². The monoisotopic (exact) mass is 272 g/mol. The smallest absolute Gasteiger partial charge is 0.339 e. The van der Waals surface area contributed by atoms with Crippen LogP contribution in [0.5, 0.6) is 0 Å². The van der Waals surface area contributed by atoms with Gasteiger partial charge in [-0.15, -0.1) is 0 Å². The van der Waals surface area contributed by atoms with E-state index >= 15 is 0 Å². The quantitative estimate of drug-likeness (QED) is 0.827. The minimum atomic E-state index is -0.549. The SMILES string of the molecule is COC(=O)c1ccccc1NC(=O)c1cc[nH]c(=O)c1. The Hall–Kier alpha value is -2.89. The number of rotatable bonds is 3. The van der Waals surface area contributed by atoms with Crippen LogP contribution in [-0.4, -0.2) is 24.0 Å². The second-order valence-electron chi connectivity index (χ2n) is 3.93. The highest BCUT2D eigenvalue weighted by molar-refractivity contribution is 6.07. The molecule has 1 aromatic carbocycles. The number of esters is 1. The van der Waals surface area contributed by atoms with Crippen molar-refractivity contribution in [3.8, 4) is 0 Å². The van der Waals surface area contributed by atoms with Gasteiger partial charge in [-0.3, -0.25) is 9.59 Å². The third-order valence-corrected chi connectivity index (χ3v) is 2.62. The van der Waals surface area contributed by atoms with Crippen molar-refractivity contribution in [1.82, 2.24) is 4.98 Å². The van der Waals surface area contributed by atoms with Gasteiger partial charge < -0.3 is 15.0 Å². The Morgan fingerprint density at radius 1 is 1.20 bits per heavy atom. The number of amides is 1. The van der Waals surface area contributed by atoms with E-state index in [-0.39, 0.29) is 16.7 Å². The molecule has 6 heteroatoms. The lowest BCUT2D eigenvalue weighted by Crippen LogP contribution is -2.17. The summed E-state index contributed by atoms with van der Waals surface area (Å²) in [5.74, 6) is -1.03. The number of H-pyrrole nitrogens is 1. The van der Waals surface area contributed by atoms with Gasteiger partial charge >= 0.3 is 5.97 Å². The third kappa shape index (κ3) is 2.92. The van der Waals surface area contributed by atoms with Crippen LogP contribution < -0.4 is 10.9 Å². The van der Waals surface area contributed by atoms with Crippen LogP contribution in [0.1, 0.15) is 20.7 Å². The molecule has 0 unspecified atom stereocenters. The van der Waals surface area contributed by atoms with Gasteiger partial charge in [0, 0.05) is 17.8 Å². The summed E-state index contributed by atoms with van der Waals surface area (Å²) in [6.07, 6.45) is 1.38. The van der Waals surface area contributed by atoms with Crippen molar-refractivity contribution in [2.45, 2.75) is 0 Å². The van der Waals surface area contributed by atoms with Gasteiger partial charge in [0.05, 0.1) is 18.4 Å². The maximum absolute atomic E-state index is 12.0. The minimum Gasteiger partial charge on any atom is -0.465 e. The van der Waals surface area contributed by atoms with Crippen LogP contribution in [0.2, 0.25) is 0 Å². The second kappa shape index (κ2) is 5.83. The van der Waals surface area contributed by atoms with Gasteiger partial charge in [-0.1, -0.05) is 12.1 Å². The van der Waals surface area contributed by atoms with E-state index in [9.17, 15) is 14.4 Å². The number of anilines is 1. The minimum absolute atomic E-state index is 0.202. The van der Waals surface area contributed by atoms with Crippen LogP contribution >= 0.6 is 0 Å². The van der Waals surface area contributed by atoms with E-state index in [1.807, 2.05) is 0 Å². The summed E-state index contributed by atoms with van der Waals surface area (Å²) >= 11 is 0.